The van der Waals surface area contributed by atoms with Crippen LogP contribution in [-0.4, -0.2) is 11.7 Å². The minimum atomic E-state index is -0.589. The molecule has 1 rings (SSSR count). The highest BCUT2D eigenvalue weighted by Crippen LogP contribution is 2.04. The number of Topliss-reactive ketones (excluding diaryl/α,β-unsaturated/α-hetero) is 1. The Balaban J connectivity index is 2.44. The van der Waals surface area contributed by atoms with Gasteiger partial charge in [0.1, 0.15) is 11.5 Å². The summed E-state index contributed by atoms with van der Waals surface area (Å²) >= 11 is 0. The van der Waals surface area contributed by atoms with Gasteiger partial charge in [0, 0.05) is 6.92 Å². The van der Waals surface area contributed by atoms with Crippen molar-refractivity contribution in [3.05, 3.63) is 23.7 Å². The third kappa shape index (κ3) is 2.74. The Bertz CT molecular complexity index is 327. The predicted molar refractivity (Wildman–Crippen MR) is 46.0 cm³/mol. The van der Waals surface area contributed by atoms with Crippen LogP contribution in [0.15, 0.2) is 16.5 Å². The molecule has 0 unspecified atom stereocenters. The van der Waals surface area contributed by atoms with Crippen LogP contribution < -0.4 is 5.32 Å². The molecule has 0 aliphatic rings. The third-order valence-electron chi connectivity index (χ3n) is 1.54. The van der Waals surface area contributed by atoms with Crippen LogP contribution in [0.5, 0.6) is 0 Å². The summed E-state index contributed by atoms with van der Waals surface area (Å²) in [5.74, 6) is 0.344. The van der Waals surface area contributed by atoms with Gasteiger partial charge in [-0.3, -0.25) is 9.59 Å². The molecule has 0 spiro atoms. The minimum Gasteiger partial charge on any atom is -0.465 e. The monoisotopic (exact) mass is 181 g/mol. The molecule has 1 heterocycles. The van der Waals surface area contributed by atoms with Crippen molar-refractivity contribution in [1.82, 2.24) is 5.32 Å². The van der Waals surface area contributed by atoms with Crippen molar-refractivity contribution in [3.8, 4) is 0 Å². The lowest BCUT2D eigenvalue weighted by Gasteiger charge is -1.98. The summed E-state index contributed by atoms with van der Waals surface area (Å²) in [6, 6.07) is 3.56. The van der Waals surface area contributed by atoms with E-state index in [4.69, 9.17) is 4.42 Å². The predicted octanol–water partition coefficient (Wildman–Crippen LogP) is 0.793. The fraction of sp³-hybridized carbons (Fsp3) is 0.333. The minimum absolute atomic E-state index is 0.256. The van der Waals surface area contributed by atoms with E-state index in [1.54, 1.807) is 12.1 Å². The first-order valence-corrected chi connectivity index (χ1v) is 3.93. The highest BCUT2D eigenvalue weighted by molar-refractivity contribution is 6.35. The first-order valence-electron chi connectivity index (χ1n) is 3.93. The van der Waals surface area contributed by atoms with E-state index in [2.05, 4.69) is 5.32 Å². The molecule has 4 nitrogen and oxygen atoms in total. The Hall–Kier alpha value is -1.58. The molecule has 13 heavy (non-hydrogen) atoms. The maximum absolute atomic E-state index is 10.8. The SMILES string of the molecule is CC(=O)C(=O)NCc1ccc(C)o1. The molecule has 0 aliphatic heterocycles. The van der Waals surface area contributed by atoms with Crippen molar-refractivity contribution in [2.45, 2.75) is 20.4 Å². The number of nitrogens with one attached hydrogen (secondary N) is 1. The standard InChI is InChI=1S/C9H11NO3/c1-6-3-4-8(13-6)5-10-9(12)7(2)11/h3-4H,5H2,1-2H3,(H,10,12). The van der Waals surface area contributed by atoms with Gasteiger partial charge < -0.3 is 9.73 Å². The van der Waals surface area contributed by atoms with Crippen LogP contribution in [0.4, 0.5) is 0 Å². The molecule has 0 aromatic carbocycles. The van der Waals surface area contributed by atoms with E-state index in [0.29, 0.717) is 5.76 Å². The third-order valence-corrected chi connectivity index (χ3v) is 1.54. The van der Waals surface area contributed by atoms with Gasteiger partial charge in [-0.25, -0.2) is 0 Å². The van der Waals surface area contributed by atoms with Crippen LogP contribution in [0.25, 0.3) is 0 Å². The summed E-state index contributed by atoms with van der Waals surface area (Å²) in [6.07, 6.45) is 0. The molecule has 1 aromatic rings. The van der Waals surface area contributed by atoms with Crippen LogP contribution in [0.1, 0.15) is 18.4 Å². The number of carbonyl (C=O) groups excluding carboxylic acids is 2. The first-order chi connectivity index (χ1) is 6.09. The van der Waals surface area contributed by atoms with Crippen LogP contribution in [0.3, 0.4) is 0 Å². The lowest BCUT2D eigenvalue weighted by molar-refractivity contribution is -0.136. The first kappa shape index (κ1) is 9.51. The van der Waals surface area contributed by atoms with Gasteiger partial charge in [-0.2, -0.15) is 0 Å². The van der Waals surface area contributed by atoms with Crippen molar-refractivity contribution >= 4 is 11.7 Å². The van der Waals surface area contributed by atoms with Gasteiger partial charge in [0.2, 0.25) is 5.78 Å². The molecule has 0 aliphatic carbocycles. The summed E-state index contributed by atoms with van der Waals surface area (Å²) in [5.41, 5.74) is 0. The Kier molecular flexibility index (Phi) is 2.84. The molecule has 0 fully saturated rings. The Morgan fingerprint density at radius 3 is 2.62 bits per heavy atom. The molecular weight excluding hydrogens is 170 g/mol. The molecule has 70 valence electrons. The van der Waals surface area contributed by atoms with Crippen molar-refractivity contribution in [1.29, 1.82) is 0 Å². The number of hydrogen-bond donors (Lipinski definition) is 1. The number of aryl methyl sites for hydroxylation is 1. The Labute approximate surface area is 75.9 Å². The van der Waals surface area contributed by atoms with Gasteiger partial charge in [0.25, 0.3) is 5.91 Å². The van der Waals surface area contributed by atoms with Crippen molar-refractivity contribution < 1.29 is 14.0 Å². The smallest absolute Gasteiger partial charge is 0.287 e. The molecule has 1 N–H and O–H groups in total. The van der Waals surface area contributed by atoms with Gasteiger partial charge in [0.05, 0.1) is 6.54 Å². The van der Waals surface area contributed by atoms with Gasteiger partial charge in [0.15, 0.2) is 0 Å². The van der Waals surface area contributed by atoms with E-state index in [9.17, 15) is 9.59 Å². The lowest BCUT2D eigenvalue weighted by atomic mass is 10.4. The van der Waals surface area contributed by atoms with E-state index >= 15 is 0 Å². The van der Waals surface area contributed by atoms with Crippen LogP contribution in [-0.2, 0) is 16.1 Å². The van der Waals surface area contributed by atoms with E-state index in [1.807, 2.05) is 6.92 Å². The zero-order valence-electron chi connectivity index (χ0n) is 7.59. The lowest BCUT2D eigenvalue weighted by Crippen LogP contribution is -2.28. The molecule has 0 saturated heterocycles. The number of amides is 1. The van der Waals surface area contributed by atoms with E-state index in [-0.39, 0.29) is 6.54 Å². The molecule has 1 aromatic heterocycles. The maximum atomic E-state index is 10.8. The zero-order valence-corrected chi connectivity index (χ0v) is 7.59. The number of rotatable bonds is 3. The Morgan fingerprint density at radius 2 is 2.15 bits per heavy atom. The van der Waals surface area contributed by atoms with Gasteiger partial charge in [-0.1, -0.05) is 0 Å². The Morgan fingerprint density at radius 1 is 1.46 bits per heavy atom. The van der Waals surface area contributed by atoms with Gasteiger partial charge in [-0.15, -0.1) is 0 Å². The molecular formula is C9H11NO3. The number of ketones is 1. The summed E-state index contributed by atoms with van der Waals surface area (Å²) < 4.78 is 5.19. The fourth-order valence-corrected chi connectivity index (χ4v) is 0.872. The molecule has 0 atom stereocenters. The maximum Gasteiger partial charge on any atom is 0.287 e. The molecule has 0 saturated carbocycles. The topological polar surface area (TPSA) is 59.3 Å². The number of furan rings is 1. The average Bonchev–Trinajstić information content (AvgIpc) is 2.47. The van der Waals surface area contributed by atoms with E-state index in [1.165, 1.54) is 6.92 Å². The summed E-state index contributed by atoms with van der Waals surface area (Å²) in [5, 5.41) is 2.43. The normalized spacial score (nSPS) is 9.69. The van der Waals surface area contributed by atoms with E-state index < -0.39 is 11.7 Å². The fourth-order valence-electron chi connectivity index (χ4n) is 0.872. The highest BCUT2D eigenvalue weighted by Gasteiger charge is 2.07. The molecule has 0 radical (unpaired) electrons. The highest BCUT2D eigenvalue weighted by atomic mass is 16.3. The van der Waals surface area contributed by atoms with Crippen LogP contribution >= 0.6 is 0 Å². The average molecular weight is 181 g/mol. The largest absolute Gasteiger partial charge is 0.465 e. The van der Waals surface area contributed by atoms with Crippen LogP contribution in [0.2, 0.25) is 0 Å². The summed E-state index contributed by atoms with van der Waals surface area (Å²) in [4.78, 5) is 21.3. The molecule has 1 amide bonds. The van der Waals surface area contributed by atoms with Gasteiger partial charge >= 0.3 is 0 Å². The number of carbonyl (C=O) groups is 2. The zero-order chi connectivity index (χ0) is 9.84. The van der Waals surface area contributed by atoms with Crippen molar-refractivity contribution in [3.63, 3.8) is 0 Å². The van der Waals surface area contributed by atoms with Gasteiger partial charge in [-0.05, 0) is 19.1 Å². The number of hydrogen-bond acceptors (Lipinski definition) is 3. The molecule has 0 bridgehead atoms. The van der Waals surface area contributed by atoms with Crippen molar-refractivity contribution in [2.75, 3.05) is 0 Å². The van der Waals surface area contributed by atoms with Crippen molar-refractivity contribution in [2.24, 2.45) is 0 Å². The quantitative estimate of drug-likeness (QED) is 0.701. The second-order valence-corrected chi connectivity index (χ2v) is 2.75. The van der Waals surface area contributed by atoms with E-state index in [0.717, 1.165) is 5.76 Å². The summed E-state index contributed by atoms with van der Waals surface area (Å²) in [7, 11) is 0. The van der Waals surface area contributed by atoms with Crippen LogP contribution in [0, 0.1) is 6.92 Å². The second-order valence-electron chi connectivity index (χ2n) is 2.75. The second kappa shape index (κ2) is 3.89. The summed E-state index contributed by atoms with van der Waals surface area (Å²) in [6.45, 7) is 3.30. The molecule has 4 heteroatoms.